The van der Waals surface area contributed by atoms with Crippen molar-refractivity contribution < 1.29 is 19.7 Å². The Labute approximate surface area is 204 Å². The predicted molar refractivity (Wildman–Crippen MR) is 135 cm³/mol. The van der Waals surface area contributed by atoms with Crippen molar-refractivity contribution in [3.63, 3.8) is 0 Å². The van der Waals surface area contributed by atoms with Gasteiger partial charge in [0.15, 0.2) is 11.5 Å². The van der Waals surface area contributed by atoms with Crippen LogP contribution in [0.5, 0.6) is 11.5 Å². The van der Waals surface area contributed by atoms with Gasteiger partial charge >= 0.3 is 5.97 Å². The second-order valence-corrected chi connectivity index (χ2v) is 12.9. The van der Waals surface area contributed by atoms with Crippen LogP contribution in [-0.2, 0) is 10.2 Å². The second-order valence-electron chi connectivity index (χ2n) is 12.9. The van der Waals surface area contributed by atoms with E-state index in [4.69, 9.17) is 4.74 Å². The van der Waals surface area contributed by atoms with Crippen LogP contribution in [0.4, 0.5) is 0 Å². The molecule has 0 aliphatic heterocycles. The SMILES string of the molecule is COc1cc2c(c(C)c1O)C=CC1(C)C3=CCC4(C)CC[C@@](C)(C(=O)O)CC4[C@]3(C)CCC21C. The Morgan fingerprint density at radius 2 is 1.79 bits per heavy atom. The summed E-state index contributed by atoms with van der Waals surface area (Å²) in [6, 6.07) is 2.05. The first-order valence-electron chi connectivity index (χ1n) is 12.8. The molecule has 0 saturated heterocycles. The van der Waals surface area contributed by atoms with Crippen molar-refractivity contribution in [3.8, 4) is 11.5 Å². The molecule has 0 heterocycles. The van der Waals surface area contributed by atoms with Crippen LogP contribution in [0.2, 0.25) is 0 Å². The molecule has 4 unspecified atom stereocenters. The number of phenols is 1. The fourth-order valence-corrected chi connectivity index (χ4v) is 8.46. The maximum absolute atomic E-state index is 12.3. The molecule has 1 aromatic carbocycles. The van der Waals surface area contributed by atoms with Crippen LogP contribution in [0, 0.1) is 34.5 Å². The molecule has 2 fully saturated rings. The van der Waals surface area contributed by atoms with Gasteiger partial charge in [-0.1, -0.05) is 51.5 Å². The number of aliphatic carboxylic acids is 1. The fraction of sp³-hybridized carbons (Fsp3) is 0.633. The number of ether oxygens (including phenoxy) is 1. The highest BCUT2D eigenvalue weighted by Crippen LogP contribution is 2.72. The molecule has 1 aromatic rings. The van der Waals surface area contributed by atoms with Crippen molar-refractivity contribution >= 4 is 12.0 Å². The first-order valence-corrected chi connectivity index (χ1v) is 12.8. The molecule has 34 heavy (non-hydrogen) atoms. The number of carboxylic acid groups (broad SMARTS) is 1. The van der Waals surface area contributed by atoms with E-state index < -0.39 is 11.4 Å². The summed E-state index contributed by atoms with van der Waals surface area (Å²) in [6.07, 6.45) is 12.7. The lowest BCUT2D eigenvalue weighted by atomic mass is 9.37. The van der Waals surface area contributed by atoms with Crippen molar-refractivity contribution in [3.05, 3.63) is 40.5 Å². The maximum atomic E-state index is 12.3. The molecule has 2 saturated carbocycles. The topological polar surface area (TPSA) is 66.8 Å². The van der Waals surface area contributed by atoms with Crippen molar-refractivity contribution in [1.82, 2.24) is 0 Å². The van der Waals surface area contributed by atoms with Crippen molar-refractivity contribution in [1.29, 1.82) is 0 Å². The minimum Gasteiger partial charge on any atom is -0.504 e. The van der Waals surface area contributed by atoms with Crippen LogP contribution in [0.25, 0.3) is 6.08 Å². The molecule has 0 bridgehead atoms. The summed E-state index contributed by atoms with van der Waals surface area (Å²) < 4.78 is 5.56. The minimum atomic E-state index is -0.645. The number of phenolic OH excluding ortho intramolecular Hbond substituents is 1. The van der Waals surface area contributed by atoms with Gasteiger partial charge in [-0.3, -0.25) is 4.79 Å². The summed E-state index contributed by atoms with van der Waals surface area (Å²) >= 11 is 0. The van der Waals surface area contributed by atoms with Gasteiger partial charge in [0, 0.05) is 16.4 Å². The third kappa shape index (κ3) is 2.69. The zero-order chi connectivity index (χ0) is 24.9. The highest BCUT2D eigenvalue weighted by molar-refractivity contribution is 5.75. The van der Waals surface area contributed by atoms with Gasteiger partial charge in [0.1, 0.15) is 0 Å². The lowest BCUT2D eigenvalue weighted by Crippen LogP contribution is -2.59. The Balaban J connectivity index is 1.66. The monoisotopic (exact) mass is 464 g/mol. The lowest BCUT2D eigenvalue weighted by Gasteiger charge is -2.66. The zero-order valence-electron chi connectivity index (χ0n) is 21.8. The number of methoxy groups -OCH3 is 1. The Bertz CT molecular complexity index is 1150. The third-order valence-electron chi connectivity index (χ3n) is 11.2. The number of carboxylic acids is 1. The Morgan fingerprint density at radius 1 is 1.09 bits per heavy atom. The van der Waals surface area contributed by atoms with E-state index in [-0.39, 0.29) is 27.4 Å². The molecule has 4 heteroatoms. The summed E-state index contributed by atoms with van der Waals surface area (Å²) in [5.74, 6) is 0.469. The number of allylic oxidation sites excluding steroid dienone is 3. The first-order chi connectivity index (χ1) is 15.8. The first kappa shape index (κ1) is 23.5. The average molecular weight is 465 g/mol. The molecule has 2 N–H and O–H groups in total. The largest absolute Gasteiger partial charge is 0.504 e. The van der Waals surface area contributed by atoms with Gasteiger partial charge in [0.2, 0.25) is 0 Å². The molecule has 184 valence electrons. The second kappa shape index (κ2) is 6.92. The molecule has 0 spiro atoms. The quantitative estimate of drug-likeness (QED) is 0.461. The Kier molecular flexibility index (Phi) is 4.79. The molecule has 4 aliphatic rings. The van der Waals surface area contributed by atoms with Crippen LogP contribution in [0.3, 0.4) is 0 Å². The van der Waals surface area contributed by atoms with Crippen LogP contribution >= 0.6 is 0 Å². The van der Waals surface area contributed by atoms with E-state index in [1.807, 2.05) is 13.8 Å². The van der Waals surface area contributed by atoms with Gasteiger partial charge < -0.3 is 14.9 Å². The van der Waals surface area contributed by atoms with Crippen molar-refractivity contribution in [2.24, 2.45) is 27.6 Å². The normalized spacial score (nSPS) is 42.6. The van der Waals surface area contributed by atoms with E-state index in [1.165, 1.54) is 11.1 Å². The van der Waals surface area contributed by atoms with Gasteiger partial charge in [-0.05, 0) is 86.3 Å². The molecule has 0 amide bonds. The molecule has 0 aromatic heterocycles. The average Bonchev–Trinajstić information content (AvgIpc) is 2.78. The van der Waals surface area contributed by atoms with Crippen molar-refractivity contribution in [2.75, 3.05) is 7.11 Å². The molecular weight excluding hydrogens is 424 g/mol. The standard InChI is InChI=1S/C30H40O4/c1-18-19-8-11-30(6)22-9-10-26(2)12-13-27(3,25(32)33)17-23(26)28(22,4)14-15-29(30,5)20(19)16-21(34-7)24(18)31/h8-9,11,16,23,31H,10,12-15,17H2,1-7H3,(H,32,33)/t23?,26?,27-,28-,29?,30?/m1/s1. The van der Waals surface area contributed by atoms with Crippen LogP contribution in [-0.4, -0.2) is 23.3 Å². The summed E-state index contributed by atoms with van der Waals surface area (Å²) in [5.41, 5.74) is 3.88. The van der Waals surface area contributed by atoms with Gasteiger partial charge in [-0.2, -0.15) is 0 Å². The van der Waals surface area contributed by atoms with Gasteiger partial charge in [-0.15, -0.1) is 0 Å². The van der Waals surface area contributed by atoms with E-state index in [2.05, 4.69) is 52.0 Å². The molecular formula is C30H40O4. The number of carbonyl (C=O) groups is 1. The summed E-state index contributed by atoms with van der Waals surface area (Å²) in [6.45, 7) is 13.5. The van der Waals surface area contributed by atoms with E-state index in [9.17, 15) is 15.0 Å². The third-order valence-corrected chi connectivity index (χ3v) is 11.2. The lowest BCUT2D eigenvalue weighted by molar-refractivity contribution is -0.157. The Morgan fingerprint density at radius 3 is 2.44 bits per heavy atom. The van der Waals surface area contributed by atoms with Crippen LogP contribution in [0.15, 0.2) is 23.8 Å². The zero-order valence-corrected chi connectivity index (χ0v) is 21.8. The van der Waals surface area contributed by atoms with Crippen LogP contribution < -0.4 is 4.74 Å². The molecule has 4 nitrogen and oxygen atoms in total. The smallest absolute Gasteiger partial charge is 0.309 e. The minimum absolute atomic E-state index is 0.0315. The highest BCUT2D eigenvalue weighted by Gasteiger charge is 2.64. The highest BCUT2D eigenvalue weighted by atomic mass is 16.5. The summed E-state index contributed by atoms with van der Waals surface area (Å²) in [5, 5.41) is 20.7. The van der Waals surface area contributed by atoms with E-state index in [1.54, 1.807) is 7.11 Å². The Hall–Kier alpha value is -2.23. The van der Waals surface area contributed by atoms with Crippen molar-refractivity contribution in [2.45, 2.75) is 85.5 Å². The van der Waals surface area contributed by atoms with Gasteiger partial charge in [0.25, 0.3) is 0 Å². The molecule has 4 aliphatic carbocycles. The van der Waals surface area contributed by atoms with Crippen LogP contribution in [0.1, 0.15) is 89.8 Å². The summed E-state index contributed by atoms with van der Waals surface area (Å²) in [4.78, 5) is 12.3. The number of fused-ring (bicyclic) bond motifs is 7. The molecule has 6 atom stereocenters. The van der Waals surface area contributed by atoms with Gasteiger partial charge in [-0.25, -0.2) is 0 Å². The van der Waals surface area contributed by atoms with E-state index in [0.717, 1.165) is 49.7 Å². The molecule has 0 radical (unpaired) electrons. The number of aromatic hydroxyl groups is 1. The number of hydrogen-bond acceptors (Lipinski definition) is 3. The number of rotatable bonds is 2. The number of benzene rings is 1. The molecule has 5 rings (SSSR count). The fourth-order valence-electron chi connectivity index (χ4n) is 8.46. The maximum Gasteiger partial charge on any atom is 0.309 e. The summed E-state index contributed by atoms with van der Waals surface area (Å²) in [7, 11) is 1.62. The van der Waals surface area contributed by atoms with Gasteiger partial charge in [0.05, 0.1) is 12.5 Å². The van der Waals surface area contributed by atoms with E-state index in [0.29, 0.717) is 11.7 Å². The number of hydrogen-bond donors (Lipinski definition) is 2. The van der Waals surface area contributed by atoms with E-state index >= 15 is 0 Å². The predicted octanol–water partition coefficient (Wildman–Crippen LogP) is 7.03.